The summed E-state index contributed by atoms with van der Waals surface area (Å²) < 4.78 is 6.88. The molecule has 2 aromatic carbocycles. The second kappa shape index (κ2) is 10.2. The molecule has 3 heteroatoms. The molecular weight excluding hydrogens is 348 g/mol. The number of benzene rings is 2. The Morgan fingerprint density at radius 2 is 1.30 bits per heavy atom. The summed E-state index contributed by atoms with van der Waals surface area (Å²) in [5, 5.41) is 12.1. The highest BCUT2D eigenvalue weighted by Crippen LogP contribution is 2.36. The van der Waals surface area contributed by atoms with Crippen molar-refractivity contribution in [1.29, 1.82) is 0 Å². The van der Waals surface area contributed by atoms with Crippen LogP contribution in [0.5, 0.6) is 0 Å². The molecule has 27 heavy (non-hydrogen) atoms. The fraction of sp³-hybridized carbons (Fsp3) is 0.500. The lowest BCUT2D eigenvalue weighted by molar-refractivity contribution is 0.180. The molecular formula is C24H36O2Si. The van der Waals surface area contributed by atoms with Crippen molar-refractivity contribution < 1.29 is 9.53 Å². The third-order valence-corrected chi connectivity index (χ3v) is 10.3. The van der Waals surface area contributed by atoms with Crippen LogP contribution < -0.4 is 10.4 Å². The predicted molar refractivity (Wildman–Crippen MR) is 118 cm³/mol. The summed E-state index contributed by atoms with van der Waals surface area (Å²) in [6.45, 7) is 9.62. The van der Waals surface area contributed by atoms with E-state index in [-0.39, 0.29) is 11.1 Å². The average Bonchev–Trinajstić information content (AvgIpc) is 2.64. The normalized spacial score (nSPS) is 13.5. The molecule has 1 atom stereocenters. The molecule has 0 heterocycles. The molecule has 0 radical (unpaired) electrons. The van der Waals surface area contributed by atoms with Crippen LogP contribution >= 0.6 is 0 Å². The van der Waals surface area contributed by atoms with Crippen LogP contribution in [0.4, 0.5) is 0 Å². The van der Waals surface area contributed by atoms with Gasteiger partial charge in [0.15, 0.2) is 0 Å². The Balaban J connectivity index is 2.18. The highest BCUT2D eigenvalue weighted by Gasteiger charge is 2.49. The Morgan fingerprint density at radius 1 is 0.815 bits per heavy atom. The summed E-state index contributed by atoms with van der Waals surface area (Å²) in [6.07, 6.45) is 5.20. The van der Waals surface area contributed by atoms with Crippen LogP contribution in [0.25, 0.3) is 0 Å². The van der Waals surface area contributed by atoms with Gasteiger partial charge in [-0.1, -0.05) is 101 Å². The molecule has 0 bridgehead atoms. The summed E-state index contributed by atoms with van der Waals surface area (Å²) in [5.74, 6) is 0. The fourth-order valence-corrected chi connectivity index (χ4v) is 8.49. The van der Waals surface area contributed by atoms with E-state index in [1.54, 1.807) is 0 Å². The van der Waals surface area contributed by atoms with Crippen molar-refractivity contribution in [2.24, 2.45) is 0 Å². The molecule has 0 aliphatic heterocycles. The van der Waals surface area contributed by atoms with Crippen molar-refractivity contribution >= 4 is 18.7 Å². The molecule has 0 saturated carbocycles. The molecule has 2 aromatic rings. The number of aliphatic hydroxyl groups is 1. The maximum Gasteiger partial charge on any atom is 0.261 e. The molecule has 1 N–H and O–H groups in total. The first-order valence-corrected chi connectivity index (χ1v) is 12.2. The van der Waals surface area contributed by atoms with Crippen molar-refractivity contribution in [1.82, 2.24) is 0 Å². The SMILES string of the molecule is C[C@H](O)CCCCCCO[Si](c1ccccc1)(c1ccccc1)C(C)(C)C. The summed E-state index contributed by atoms with van der Waals surface area (Å²) in [7, 11) is -2.38. The van der Waals surface area contributed by atoms with Crippen LogP contribution in [-0.4, -0.2) is 26.1 Å². The molecule has 0 saturated heterocycles. The third kappa shape index (κ3) is 5.77. The van der Waals surface area contributed by atoms with Crippen LogP contribution in [0.15, 0.2) is 60.7 Å². The van der Waals surface area contributed by atoms with Gasteiger partial charge in [0.25, 0.3) is 8.32 Å². The van der Waals surface area contributed by atoms with Gasteiger partial charge < -0.3 is 9.53 Å². The lowest BCUT2D eigenvalue weighted by atomic mass is 10.1. The lowest BCUT2D eigenvalue weighted by Gasteiger charge is -2.43. The number of hydrogen-bond donors (Lipinski definition) is 1. The van der Waals surface area contributed by atoms with Gasteiger partial charge in [0.1, 0.15) is 0 Å². The van der Waals surface area contributed by atoms with Gasteiger partial charge in [-0.2, -0.15) is 0 Å². The van der Waals surface area contributed by atoms with Gasteiger partial charge in [0, 0.05) is 6.61 Å². The van der Waals surface area contributed by atoms with E-state index in [0.717, 1.165) is 38.7 Å². The van der Waals surface area contributed by atoms with Crippen molar-refractivity contribution in [2.45, 2.75) is 70.9 Å². The summed E-state index contributed by atoms with van der Waals surface area (Å²) >= 11 is 0. The topological polar surface area (TPSA) is 29.5 Å². The maximum absolute atomic E-state index is 9.38. The largest absolute Gasteiger partial charge is 0.407 e. The van der Waals surface area contributed by atoms with Crippen molar-refractivity contribution in [3.05, 3.63) is 60.7 Å². The van der Waals surface area contributed by atoms with E-state index in [4.69, 9.17) is 4.43 Å². The average molecular weight is 385 g/mol. The van der Waals surface area contributed by atoms with Gasteiger partial charge in [0.2, 0.25) is 0 Å². The van der Waals surface area contributed by atoms with Crippen LogP contribution in [0.3, 0.4) is 0 Å². The minimum Gasteiger partial charge on any atom is -0.407 e. The molecule has 0 spiro atoms. The summed E-state index contributed by atoms with van der Waals surface area (Å²) in [4.78, 5) is 0. The highest BCUT2D eigenvalue weighted by atomic mass is 28.4. The Labute approximate surface area is 166 Å². The molecule has 0 fully saturated rings. The zero-order valence-corrected chi connectivity index (χ0v) is 18.4. The van der Waals surface area contributed by atoms with Crippen molar-refractivity contribution in [3.63, 3.8) is 0 Å². The van der Waals surface area contributed by atoms with E-state index < -0.39 is 8.32 Å². The number of rotatable bonds is 10. The lowest BCUT2D eigenvalue weighted by Crippen LogP contribution is -2.66. The van der Waals surface area contributed by atoms with Crippen molar-refractivity contribution in [2.75, 3.05) is 6.61 Å². The highest BCUT2D eigenvalue weighted by molar-refractivity contribution is 6.99. The molecule has 0 aliphatic rings. The van der Waals surface area contributed by atoms with E-state index in [9.17, 15) is 5.11 Å². The molecule has 0 unspecified atom stereocenters. The standard InChI is InChI=1S/C24H36O2Si/c1-21(25)15-9-5-6-14-20-26-27(24(2,3)4,22-16-10-7-11-17-22)23-18-12-8-13-19-23/h7-8,10-13,16-19,21,25H,5-6,9,14-15,20H2,1-4H3/t21-/m0/s1. The van der Waals surface area contributed by atoms with E-state index in [1.165, 1.54) is 10.4 Å². The monoisotopic (exact) mass is 384 g/mol. The minimum absolute atomic E-state index is 0.0437. The van der Waals surface area contributed by atoms with Crippen LogP contribution in [0.2, 0.25) is 5.04 Å². The third-order valence-electron chi connectivity index (χ3n) is 5.25. The smallest absolute Gasteiger partial charge is 0.261 e. The van der Waals surface area contributed by atoms with E-state index in [1.807, 2.05) is 6.92 Å². The van der Waals surface area contributed by atoms with Gasteiger partial charge in [0.05, 0.1) is 6.10 Å². The molecule has 2 rings (SSSR count). The zero-order chi connectivity index (χ0) is 19.8. The fourth-order valence-electron chi connectivity index (χ4n) is 3.88. The summed E-state index contributed by atoms with van der Waals surface area (Å²) in [6, 6.07) is 21.7. The molecule has 0 amide bonds. The number of hydrogen-bond acceptors (Lipinski definition) is 2. The first kappa shape index (κ1) is 21.9. The quantitative estimate of drug-likeness (QED) is 0.466. The van der Waals surface area contributed by atoms with Crippen LogP contribution in [-0.2, 0) is 4.43 Å². The van der Waals surface area contributed by atoms with Gasteiger partial charge in [-0.3, -0.25) is 0 Å². The van der Waals surface area contributed by atoms with Crippen molar-refractivity contribution in [3.8, 4) is 0 Å². The number of unbranched alkanes of at least 4 members (excludes halogenated alkanes) is 3. The first-order valence-electron chi connectivity index (χ1n) is 10.3. The van der Waals surface area contributed by atoms with E-state index in [2.05, 4.69) is 81.4 Å². The minimum atomic E-state index is -2.38. The predicted octanol–water partition coefficient (Wildman–Crippen LogP) is 4.89. The first-order chi connectivity index (χ1) is 12.9. The Hall–Kier alpha value is -1.42. The van der Waals surface area contributed by atoms with E-state index >= 15 is 0 Å². The number of aliphatic hydroxyl groups excluding tert-OH is 1. The second-order valence-electron chi connectivity index (χ2n) is 8.56. The maximum atomic E-state index is 9.38. The van der Waals surface area contributed by atoms with E-state index in [0.29, 0.717) is 0 Å². The second-order valence-corrected chi connectivity index (χ2v) is 12.9. The molecule has 0 aromatic heterocycles. The van der Waals surface area contributed by atoms with Crippen LogP contribution in [0.1, 0.15) is 59.8 Å². The van der Waals surface area contributed by atoms with Crippen LogP contribution in [0, 0.1) is 0 Å². The van der Waals surface area contributed by atoms with Gasteiger partial charge in [-0.15, -0.1) is 0 Å². The van der Waals surface area contributed by atoms with Gasteiger partial charge in [-0.25, -0.2) is 0 Å². The Bertz CT molecular complexity index is 608. The molecule has 2 nitrogen and oxygen atoms in total. The zero-order valence-electron chi connectivity index (χ0n) is 17.4. The molecule has 148 valence electrons. The van der Waals surface area contributed by atoms with Gasteiger partial charge >= 0.3 is 0 Å². The summed E-state index contributed by atoms with van der Waals surface area (Å²) in [5.41, 5.74) is 0. The Morgan fingerprint density at radius 3 is 1.74 bits per heavy atom. The van der Waals surface area contributed by atoms with Gasteiger partial charge in [-0.05, 0) is 35.2 Å². The molecule has 0 aliphatic carbocycles. The Kier molecular flexibility index (Phi) is 8.27.